The smallest absolute Gasteiger partial charge is 0.157 e. The van der Waals surface area contributed by atoms with E-state index in [9.17, 15) is 15.0 Å². The number of hydrogen-bond acceptors (Lipinski definition) is 4. The highest BCUT2D eigenvalue weighted by Gasteiger charge is 2.11. The van der Waals surface area contributed by atoms with Gasteiger partial charge in [0, 0.05) is 12.1 Å². The van der Waals surface area contributed by atoms with Gasteiger partial charge in [-0.05, 0) is 5.56 Å². The lowest BCUT2D eigenvalue weighted by Crippen LogP contribution is -1.98. The van der Waals surface area contributed by atoms with Crippen molar-refractivity contribution in [2.24, 2.45) is 0 Å². The van der Waals surface area contributed by atoms with Crippen LogP contribution in [0, 0.1) is 0 Å². The second kappa shape index (κ2) is 6.66. The average molecular weight is 281 g/mol. The van der Waals surface area contributed by atoms with E-state index in [1.165, 1.54) is 6.07 Å². The molecular weight excluding hydrogens is 268 g/mol. The monoisotopic (exact) mass is 280 g/mol. The van der Waals surface area contributed by atoms with E-state index in [2.05, 4.69) is 0 Å². The maximum absolute atomic E-state index is 10.8. The number of hydrogen-bond donors (Lipinski definition) is 2. The molecule has 0 spiro atoms. The van der Waals surface area contributed by atoms with Crippen molar-refractivity contribution in [3.63, 3.8) is 0 Å². The predicted octanol–water partition coefficient (Wildman–Crippen LogP) is 2.91. The van der Waals surface area contributed by atoms with E-state index >= 15 is 0 Å². The molecular formula is C14H13ClO4. The zero-order valence-corrected chi connectivity index (χ0v) is 10.8. The summed E-state index contributed by atoms with van der Waals surface area (Å²) < 4.78 is 5.42. The van der Waals surface area contributed by atoms with Crippen LogP contribution in [0.5, 0.6) is 17.2 Å². The van der Waals surface area contributed by atoms with Crippen molar-refractivity contribution in [1.82, 2.24) is 0 Å². The number of halogens is 1. The van der Waals surface area contributed by atoms with Crippen molar-refractivity contribution in [3.8, 4) is 17.2 Å². The second-order valence-electron chi connectivity index (χ2n) is 3.77. The Morgan fingerprint density at radius 3 is 2.42 bits per heavy atom. The Hall–Kier alpha value is -2.20. The Labute approximate surface area is 116 Å². The lowest BCUT2D eigenvalue weighted by molar-refractivity contribution is 0.111. The van der Waals surface area contributed by atoms with Crippen LogP contribution in [-0.4, -0.2) is 16.5 Å². The van der Waals surface area contributed by atoms with Crippen LogP contribution in [0.3, 0.4) is 0 Å². The number of phenols is 2. The van der Waals surface area contributed by atoms with Crippen LogP contribution in [-0.2, 0) is 6.61 Å². The molecule has 0 aliphatic rings. The molecule has 2 rings (SSSR count). The Morgan fingerprint density at radius 2 is 1.79 bits per heavy atom. The van der Waals surface area contributed by atoms with Gasteiger partial charge >= 0.3 is 0 Å². The molecule has 5 heteroatoms. The summed E-state index contributed by atoms with van der Waals surface area (Å²) in [5.74, 6) is -0.291. The topological polar surface area (TPSA) is 66.8 Å². The minimum atomic E-state index is -0.298. The number of aldehydes is 1. The summed E-state index contributed by atoms with van der Waals surface area (Å²) in [4.78, 5) is 10.8. The molecule has 0 saturated carbocycles. The van der Waals surface area contributed by atoms with Gasteiger partial charge in [-0.2, -0.15) is 0 Å². The molecule has 2 aromatic carbocycles. The molecule has 2 aromatic rings. The quantitative estimate of drug-likeness (QED) is 0.845. The van der Waals surface area contributed by atoms with Crippen LogP contribution in [0.4, 0.5) is 0 Å². The molecule has 4 nitrogen and oxygen atoms in total. The van der Waals surface area contributed by atoms with E-state index < -0.39 is 0 Å². The van der Waals surface area contributed by atoms with Gasteiger partial charge in [-0.15, -0.1) is 12.4 Å². The summed E-state index contributed by atoms with van der Waals surface area (Å²) >= 11 is 0. The molecule has 2 N–H and O–H groups in total. The number of phenolic OH excluding ortho intramolecular Hbond substituents is 2. The SMILES string of the molecule is Cl.O=Cc1c(O)cc(O)cc1OCc1ccccc1. The first-order chi connectivity index (χ1) is 8.70. The van der Waals surface area contributed by atoms with Crippen LogP contribution >= 0.6 is 12.4 Å². The summed E-state index contributed by atoms with van der Waals surface area (Å²) in [6.07, 6.45) is 0.495. The lowest BCUT2D eigenvalue weighted by atomic mass is 10.2. The standard InChI is InChI=1S/C14H12O4.ClH/c15-8-12-13(17)6-11(16)7-14(12)18-9-10-4-2-1-3-5-10;/h1-8,16-17H,9H2;1H. The van der Waals surface area contributed by atoms with Crippen molar-refractivity contribution in [3.05, 3.63) is 53.6 Å². The third kappa shape index (κ3) is 3.63. The summed E-state index contributed by atoms with van der Waals surface area (Å²) in [7, 11) is 0. The fourth-order valence-electron chi connectivity index (χ4n) is 1.57. The van der Waals surface area contributed by atoms with Crippen LogP contribution in [0.1, 0.15) is 15.9 Å². The molecule has 0 radical (unpaired) electrons. The van der Waals surface area contributed by atoms with Crippen molar-refractivity contribution in [1.29, 1.82) is 0 Å². The van der Waals surface area contributed by atoms with Crippen LogP contribution in [0.25, 0.3) is 0 Å². The van der Waals surface area contributed by atoms with E-state index in [1.54, 1.807) is 0 Å². The minimum absolute atomic E-state index is 0. The summed E-state index contributed by atoms with van der Waals surface area (Å²) in [6, 6.07) is 11.8. The molecule has 0 atom stereocenters. The van der Waals surface area contributed by atoms with Gasteiger partial charge in [0.25, 0.3) is 0 Å². The van der Waals surface area contributed by atoms with Gasteiger partial charge in [-0.1, -0.05) is 30.3 Å². The highest BCUT2D eigenvalue weighted by molar-refractivity contribution is 5.85. The highest BCUT2D eigenvalue weighted by atomic mass is 35.5. The fraction of sp³-hybridized carbons (Fsp3) is 0.0714. The predicted molar refractivity (Wildman–Crippen MR) is 73.2 cm³/mol. The van der Waals surface area contributed by atoms with E-state index in [-0.39, 0.29) is 41.8 Å². The van der Waals surface area contributed by atoms with Crippen LogP contribution < -0.4 is 4.74 Å². The molecule has 0 aromatic heterocycles. The number of benzene rings is 2. The lowest BCUT2D eigenvalue weighted by Gasteiger charge is -2.10. The van der Waals surface area contributed by atoms with Gasteiger partial charge in [0.15, 0.2) is 6.29 Å². The average Bonchev–Trinajstić information content (AvgIpc) is 2.37. The second-order valence-corrected chi connectivity index (χ2v) is 3.77. The van der Waals surface area contributed by atoms with E-state index in [1.807, 2.05) is 30.3 Å². The zero-order valence-electron chi connectivity index (χ0n) is 9.95. The van der Waals surface area contributed by atoms with Crippen LogP contribution in [0.2, 0.25) is 0 Å². The Kier molecular flexibility index (Phi) is 5.21. The fourth-order valence-corrected chi connectivity index (χ4v) is 1.57. The third-order valence-corrected chi connectivity index (χ3v) is 2.46. The largest absolute Gasteiger partial charge is 0.508 e. The Balaban J connectivity index is 0.00000180. The summed E-state index contributed by atoms with van der Waals surface area (Å²) in [5.41, 5.74) is 0.959. The molecule has 0 saturated heterocycles. The van der Waals surface area contributed by atoms with Crippen molar-refractivity contribution in [2.75, 3.05) is 0 Å². The molecule has 100 valence electrons. The number of aromatic hydroxyl groups is 2. The van der Waals surface area contributed by atoms with Gasteiger partial charge in [0.2, 0.25) is 0 Å². The first kappa shape index (κ1) is 14.9. The molecule has 0 aliphatic carbocycles. The molecule has 0 amide bonds. The number of carbonyl (C=O) groups excluding carboxylic acids is 1. The first-order valence-corrected chi connectivity index (χ1v) is 5.38. The third-order valence-electron chi connectivity index (χ3n) is 2.46. The van der Waals surface area contributed by atoms with Crippen molar-refractivity contribution in [2.45, 2.75) is 6.61 Å². The highest BCUT2D eigenvalue weighted by Crippen LogP contribution is 2.31. The normalized spacial score (nSPS) is 9.47. The van der Waals surface area contributed by atoms with E-state index in [4.69, 9.17) is 4.74 Å². The number of ether oxygens (including phenoxy) is 1. The molecule has 0 fully saturated rings. The Morgan fingerprint density at radius 1 is 1.11 bits per heavy atom. The summed E-state index contributed by atoms with van der Waals surface area (Å²) in [5, 5.41) is 18.9. The molecule has 19 heavy (non-hydrogen) atoms. The van der Waals surface area contributed by atoms with E-state index in [0.717, 1.165) is 11.6 Å². The molecule has 0 heterocycles. The van der Waals surface area contributed by atoms with E-state index in [0.29, 0.717) is 6.29 Å². The maximum Gasteiger partial charge on any atom is 0.157 e. The number of carbonyl (C=O) groups is 1. The molecule has 0 aliphatic heterocycles. The molecule has 0 unspecified atom stereocenters. The minimum Gasteiger partial charge on any atom is -0.508 e. The maximum atomic E-state index is 10.8. The van der Waals surface area contributed by atoms with Crippen LogP contribution in [0.15, 0.2) is 42.5 Å². The van der Waals surface area contributed by atoms with Crippen molar-refractivity contribution >= 4 is 18.7 Å². The van der Waals surface area contributed by atoms with Gasteiger partial charge < -0.3 is 14.9 Å². The van der Waals surface area contributed by atoms with Gasteiger partial charge in [0.05, 0.1) is 5.56 Å². The van der Waals surface area contributed by atoms with Crippen molar-refractivity contribution < 1.29 is 19.7 Å². The number of rotatable bonds is 4. The summed E-state index contributed by atoms with van der Waals surface area (Å²) in [6.45, 7) is 0.255. The Bertz CT molecular complexity index is 555. The van der Waals surface area contributed by atoms with Gasteiger partial charge in [0.1, 0.15) is 23.9 Å². The zero-order chi connectivity index (χ0) is 13.0. The van der Waals surface area contributed by atoms with Gasteiger partial charge in [-0.3, -0.25) is 4.79 Å². The molecule has 0 bridgehead atoms. The first-order valence-electron chi connectivity index (χ1n) is 5.38. The van der Waals surface area contributed by atoms with Gasteiger partial charge in [-0.25, -0.2) is 0 Å².